The van der Waals surface area contributed by atoms with Crippen molar-refractivity contribution in [2.75, 3.05) is 0 Å². The molecule has 0 unspecified atom stereocenters. The Morgan fingerprint density at radius 3 is 2.41 bits per heavy atom. The third-order valence-corrected chi connectivity index (χ3v) is 2.34. The second kappa shape index (κ2) is 3.87. The average Bonchev–Trinajstić information content (AvgIpc) is 2.65. The number of aromatic nitrogens is 3. The van der Waals surface area contributed by atoms with Crippen LogP contribution in [0.3, 0.4) is 0 Å². The van der Waals surface area contributed by atoms with E-state index in [0.29, 0.717) is 5.69 Å². The summed E-state index contributed by atoms with van der Waals surface area (Å²) in [4.78, 5) is 4.09. The van der Waals surface area contributed by atoms with Gasteiger partial charge < -0.3 is 0 Å². The zero-order valence-corrected chi connectivity index (χ0v) is 9.26. The van der Waals surface area contributed by atoms with Crippen molar-refractivity contribution in [1.29, 1.82) is 0 Å². The first-order valence-corrected chi connectivity index (χ1v) is 4.94. The molecule has 0 aliphatic heterocycles. The molecule has 90 valence electrons. The molecule has 0 atom stereocenters. The van der Waals surface area contributed by atoms with E-state index in [2.05, 4.69) is 10.1 Å². The van der Waals surface area contributed by atoms with Gasteiger partial charge in [0.05, 0.1) is 5.69 Å². The minimum atomic E-state index is -4.41. The molecule has 6 heteroatoms. The molecule has 1 N–H and O–H groups in total. The lowest BCUT2D eigenvalue weighted by Gasteiger charge is -2.02. The Morgan fingerprint density at radius 1 is 1.18 bits per heavy atom. The minimum absolute atomic E-state index is 0.204. The lowest BCUT2D eigenvalue weighted by atomic mass is 10.1. The Morgan fingerprint density at radius 2 is 1.88 bits per heavy atom. The van der Waals surface area contributed by atoms with E-state index in [4.69, 9.17) is 0 Å². The lowest BCUT2D eigenvalue weighted by Crippen LogP contribution is -2.04. The van der Waals surface area contributed by atoms with Gasteiger partial charge in [-0.15, -0.1) is 0 Å². The second-order valence-electron chi connectivity index (χ2n) is 3.84. The number of hydrogen-bond donors (Lipinski definition) is 1. The van der Waals surface area contributed by atoms with E-state index < -0.39 is 11.9 Å². The Labute approximate surface area is 95.7 Å². The average molecular weight is 241 g/mol. The van der Waals surface area contributed by atoms with Gasteiger partial charge in [-0.1, -0.05) is 6.07 Å². The molecule has 0 amide bonds. The van der Waals surface area contributed by atoms with Crippen molar-refractivity contribution in [3.8, 4) is 11.4 Å². The highest BCUT2D eigenvalue weighted by atomic mass is 19.4. The maximum Gasteiger partial charge on any atom is 0.432 e. The van der Waals surface area contributed by atoms with Gasteiger partial charge in [0.2, 0.25) is 0 Å². The van der Waals surface area contributed by atoms with Crippen LogP contribution < -0.4 is 0 Å². The number of aromatic amines is 1. The maximum absolute atomic E-state index is 12.4. The zero-order valence-electron chi connectivity index (χ0n) is 9.26. The van der Waals surface area contributed by atoms with Crippen molar-refractivity contribution < 1.29 is 13.2 Å². The van der Waals surface area contributed by atoms with Gasteiger partial charge >= 0.3 is 6.18 Å². The molecule has 0 bridgehead atoms. The summed E-state index contributed by atoms with van der Waals surface area (Å²) in [6.45, 7) is 3.66. The van der Waals surface area contributed by atoms with Crippen LogP contribution in [0.2, 0.25) is 0 Å². The van der Waals surface area contributed by atoms with E-state index in [9.17, 15) is 13.2 Å². The highest BCUT2D eigenvalue weighted by molar-refractivity contribution is 5.59. The summed E-state index contributed by atoms with van der Waals surface area (Å²) in [5.74, 6) is 0. The first kappa shape index (κ1) is 11.6. The van der Waals surface area contributed by atoms with Gasteiger partial charge in [0, 0.05) is 6.20 Å². The van der Waals surface area contributed by atoms with E-state index in [1.807, 2.05) is 18.1 Å². The van der Waals surface area contributed by atoms with Crippen LogP contribution in [0.25, 0.3) is 11.4 Å². The van der Waals surface area contributed by atoms with Gasteiger partial charge in [0.15, 0.2) is 0 Å². The second-order valence-corrected chi connectivity index (χ2v) is 3.84. The van der Waals surface area contributed by atoms with Gasteiger partial charge in [-0.25, -0.2) is 0 Å². The van der Waals surface area contributed by atoms with Crippen LogP contribution in [0.4, 0.5) is 13.2 Å². The fourth-order valence-corrected chi connectivity index (χ4v) is 1.57. The summed E-state index contributed by atoms with van der Waals surface area (Å²) < 4.78 is 37.2. The van der Waals surface area contributed by atoms with E-state index in [1.54, 1.807) is 13.1 Å². The van der Waals surface area contributed by atoms with Crippen LogP contribution in [0.5, 0.6) is 0 Å². The number of nitrogens with one attached hydrogen (secondary N) is 1. The number of pyridine rings is 1. The monoisotopic (exact) mass is 241 g/mol. The molecule has 0 spiro atoms. The minimum Gasteiger partial charge on any atom is -0.273 e. The van der Waals surface area contributed by atoms with Crippen molar-refractivity contribution in [1.82, 2.24) is 15.2 Å². The largest absolute Gasteiger partial charge is 0.432 e. The first-order chi connectivity index (χ1) is 7.88. The molecule has 3 nitrogen and oxygen atoms in total. The number of alkyl halides is 3. The number of hydrogen-bond acceptors (Lipinski definition) is 2. The van der Waals surface area contributed by atoms with E-state index in [-0.39, 0.29) is 5.69 Å². The van der Waals surface area contributed by atoms with Crippen LogP contribution in [-0.2, 0) is 6.18 Å². The molecule has 0 saturated carbocycles. The number of rotatable bonds is 1. The third-order valence-electron chi connectivity index (χ3n) is 2.34. The van der Waals surface area contributed by atoms with Crippen molar-refractivity contribution >= 4 is 0 Å². The smallest absolute Gasteiger partial charge is 0.273 e. The van der Waals surface area contributed by atoms with Crippen molar-refractivity contribution in [3.63, 3.8) is 0 Å². The Hall–Kier alpha value is -1.85. The molecule has 17 heavy (non-hydrogen) atoms. The summed E-state index contributed by atoms with van der Waals surface area (Å²) in [6.07, 6.45) is -2.81. The molecule has 0 aromatic carbocycles. The third kappa shape index (κ3) is 2.30. The van der Waals surface area contributed by atoms with Crippen LogP contribution >= 0.6 is 0 Å². The molecular weight excluding hydrogens is 231 g/mol. The SMILES string of the molecule is Cc1cnc(-c2cc(C(F)(F)F)[nH]n2)c(C)c1. The van der Waals surface area contributed by atoms with E-state index in [0.717, 1.165) is 17.2 Å². The summed E-state index contributed by atoms with van der Waals surface area (Å²) in [5, 5.41) is 5.61. The quantitative estimate of drug-likeness (QED) is 0.833. The fourth-order valence-electron chi connectivity index (χ4n) is 1.57. The maximum atomic E-state index is 12.4. The Kier molecular flexibility index (Phi) is 2.65. The highest BCUT2D eigenvalue weighted by Gasteiger charge is 2.33. The number of aryl methyl sites for hydroxylation is 2. The molecule has 2 rings (SSSR count). The number of nitrogens with zero attached hydrogens (tertiary/aromatic N) is 2. The van der Waals surface area contributed by atoms with Crippen LogP contribution in [0.15, 0.2) is 18.3 Å². The normalized spacial score (nSPS) is 11.8. The number of H-pyrrole nitrogens is 1. The van der Waals surface area contributed by atoms with Gasteiger partial charge in [0.25, 0.3) is 0 Å². The van der Waals surface area contributed by atoms with Crippen LogP contribution in [0.1, 0.15) is 16.8 Å². The molecule has 2 aromatic heterocycles. The predicted octanol–water partition coefficient (Wildman–Crippen LogP) is 3.11. The van der Waals surface area contributed by atoms with Gasteiger partial charge in [-0.2, -0.15) is 18.3 Å². The fraction of sp³-hybridized carbons (Fsp3) is 0.273. The molecule has 2 heterocycles. The molecule has 0 aliphatic rings. The summed E-state index contributed by atoms with van der Waals surface area (Å²) in [7, 11) is 0. The van der Waals surface area contributed by atoms with Crippen molar-refractivity contribution in [2.45, 2.75) is 20.0 Å². The summed E-state index contributed by atoms with van der Waals surface area (Å²) in [6, 6.07) is 2.81. The molecule has 0 aliphatic carbocycles. The Bertz CT molecular complexity index is 543. The first-order valence-electron chi connectivity index (χ1n) is 4.94. The van der Waals surface area contributed by atoms with Crippen molar-refractivity contribution in [3.05, 3.63) is 35.2 Å². The van der Waals surface area contributed by atoms with Crippen LogP contribution in [-0.4, -0.2) is 15.2 Å². The zero-order chi connectivity index (χ0) is 12.6. The number of halogens is 3. The van der Waals surface area contributed by atoms with Gasteiger partial charge in [-0.3, -0.25) is 10.1 Å². The standard InChI is InChI=1S/C11H10F3N3/c1-6-3-7(2)10(15-5-6)8-4-9(17-16-8)11(12,13)14/h3-5H,1-2H3,(H,16,17). The Balaban J connectivity index is 2.44. The molecule has 0 fully saturated rings. The predicted molar refractivity (Wildman–Crippen MR) is 56.3 cm³/mol. The summed E-state index contributed by atoms with van der Waals surface area (Å²) in [5.41, 5.74) is 1.55. The van der Waals surface area contributed by atoms with Crippen LogP contribution in [0, 0.1) is 13.8 Å². The molecular formula is C11H10F3N3. The molecule has 2 aromatic rings. The topological polar surface area (TPSA) is 41.6 Å². The molecule has 0 radical (unpaired) electrons. The van der Waals surface area contributed by atoms with Crippen molar-refractivity contribution in [2.24, 2.45) is 0 Å². The summed E-state index contributed by atoms with van der Waals surface area (Å²) >= 11 is 0. The molecule has 0 saturated heterocycles. The van der Waals surface area contributed by atoms with E-state index in [1.165, 1.54) is 0 Å². The lowest BCUT2D eigenvalue weighted by molar-refractivity contribution is -0.141. The van der Waals surface area contributed by atoms with Gasteiger partial charge in [-0.05, 0) is 31.0 Å². The highest BCUT2D eigenvalue weighted by Crippen LogP contribution is 2.30. The van der Waals surface area contributed by atoms with E-state index >= 15 is 0 Å². The van der Waals surface area contributed by atoms with Gasteiger partial charge in [0.1, 0.15) is 11.4 Å².